The highest BCUT2D eigenvalue weighted by Gasteiger charge is 2.20. The highest BCUT2D eigenvalue weighted by atomic mass is 32.2. The lowest BCUT2D eigenvalue weighted by Gasteiger charge is -2.26. The first-order valence-electron chi connectivity index (χ1n) is 7.11. The Morgan fingerprint density at radius 3 is 2.71 bits per heavy atom. The average molecular weight is 311 g/mol. The van der Waals surface area contributed by atoms with Crippen LogP contribution >= 0.6 is 11.8 Å². The maximum absolute atomic E-state index is 11.9. The first-order valence-corrected chi connectivity index (χ1v) is 8.09. The van der Waals surface area contributed by atoms with E-state index in [1.165, 1.54) is 0 Å². The highest BCUT2D eigenvalue weighted by molar-refractivity contribution is 7.99. The summed E-state index contributed by atoms with van der Waals surface area (Å²) < 4.78 is 0.933. The molecule has 1 saturated carbocycles. The number of rotatable bonds is 4. The van der Waals surface area contributed by atoms with Gasteiger partial charge in [0.2, 0.25) is 11.1 Å². The quantitative estimate of drug-likeness (QED) is 0.618. The molecule has 3 N–H and O–H groups in total. The molecule has 0 aliphatic heterocycles. The van der Waals surface area contributed by atoms with E-state index in [2.05, 4.69) is 22.4 Å². The van der Waals surface area contributed by atoms with Crippen LogP contribution in [0.15, 0.2) is 9.95 Å². The zero-order chi connectivity index (χ0) is 15.4. The summed E-state index contributed by atoms with van der Waals surface area (Å²) in [5.74, 6) is 6.49. The Hall–Kier alpha value is -1.57. The lowest BCUT2D eigenvalue weighted by Crippen LogP contribution is -2.38. The van der Waals surface area contributed by atoms with E-state index < -0.39 is 5.56 Å². The summed E-state index contributed by atoms with van der Waals surface area (Å²) in [6.07, 6.45) is 4.38. The number of carbonyl (C=O) groups is 1. The Morgan fingerprint density at radius 1 is 1.38 bits per heavy atom. The third-order valence-corrected chi connectivity index (χ3v) is 4.68. The molecular weight excluding hydrogens is 290 g/mol. The second-order valence-electron chi connectivity index (χ2n) is 5.56. The Bertz CT molecular complexity index is 566. The van der Waals surface area contributed by atoms with Crippen molar-refractivity contribution in [2.45, 2.75) is 50.7 Å². The van der Waals surface area contributed by atoms with Gasteiger partial charge < -0.3 is 11.2 Å². The summed E-state index contributed by atoms with van der Waals surface area (Å²) in [5.41, 5.74) is -0.156. The van der Waals surface area contributed by atoms with E-state index in [1.54, 1.807) is 6.92 Å². The van der Waals surface area contributed by atoms with Gasteiger partial charge in [0.25, 0.3) is 5.56 Å². The minimum Gasteiger partial charge on any atom is -0.353 e. The molecule has 0 unspecified atom stereocenters. The predicted molar refractivity (Wildman–Crippen MR) is 81.5 cm³/mol. The molecule has 1 aliphatic carbocycles. The second-order valence-corrected chi connectivity index (χ2v) is 6.50. The maximum atomic E-state index is 11.9. The topological polar surface area (TPSA) is 103 Å². The summed E-state index contributed by atoms with van der Waals surface area (Å²) in [7, 11) is 0. The van der Waals surface area contributed by atoms with E-state index >= 15 is 0 Å². The van der Waals surface area contributed by atoms with Gasteiger partial charge in [-0.3, -0.25) is 9.59 Å². The normalized spacial score (nSPS) is 22.0. The number of aromatic nitrogens is 3. The lowest BCUT2D eigenvalue weighted by molar-refractivity contribution is -0.119. The third-order valence-electron chi connectivity index (χ3n) is 3.73. The standard InChI is InChI=1S/C13H21N5O2S/c1-8-3-5-10(6-4-8)15-11(19)7-21-13-17-16-9(2)12(20)18(13)14/h8,10H,3-7,14H2,1-2H3,(H,15,19). The van der Waals surface area contributed by atoms with Gasteiger partial charge in [0.05, 0.1) is 5.75 Å². The van der Waals surface area contributed by atoms with Gasteiger partial charge in [-0.25, -0.2) is 0 Å². The van der Waals surface area contributed by atoms with Crippen LogP contribution in [0.1, 0.15) is 38.3 Å². The van der Waals surface area contributed by atoms with Gasteiger partial charge in [0.1, 0.15) is 5.69 Å². The van der Waals surface area contributed by atoms with Crippen molar-refractivity contribution >= 4 is 17.7 Å². The van der Waals surface area contributed by atoms with Crippen LogP contribution in [0, 0.1) is 12.8 Å². The highest BCUT2D eigenvalue weighted by Crippen LogP contribution is 2.23. The molecule has 1 heterocycles. The molecule has 21 heavy (non-hydrogen) atoms. The fourth-order valence-electron chi connectivity index (χ4n) is 2.37. The first kappa shape index (κ1) is 15.8. The second kappa shape index (κ2) is 6.93. The number of nitrogens with two attached hydrogens (primary N) is 1. The number of nitrogens with one attached hydrogen (secondary N) is 1. The Labute approximate surface area is 127 Å². The first-order chi connectivity index (χ1) is 9.97. The minimum absolute atomic E-state index is 0.0608. The summed E-state index contributed by atoms with van der Waals surface area (Å²) >= 11 is 1.12. The zero-order valence-corrected chi connectivity index (χ0v) is 13.2. The van der Waals surface area contributed by atoms with Crippen molar-refractivity contribution < 1.29 is 4.79 Å². The van der Waals surface area contributed by atoms with E-state index in [9.17, 15) is 9.59 Å². The maximum Gasteiger partial charge on any atom is 0.294 e. The van der Waals surface area contributed by atoms with Gasteiger partial charge in [-0.05, 0) is 38.5 Å². The monoisotopic (exact) mass is 311 g/mol. The van der Waals surface area contributed by atoms with Crippen LogP contribution in [0.5, 0.6) is 0 Å². The fraction of sp³-hybridized carbons (Fsp3) is 0.692. The SMILES string of the molecule is Cc1nnc(SCC(=O)NC2CCC(C)CC2)n(N)c1=O. The van der Waals surface area contributed by atoms with Gasteiger partial charge in [0.15, 0.2) is 0 Å². The summed E-state index contributed by atoms with van der Waals surface area (Å²) in [6, 6.07) is 0.262. The molecule has 1 aromatic heterocycles. The molecule has 1 aliphatic rings. The minimum atomic E-state index is -0.394. The molecule has 0 saturated heterocycles. The van der Waals surface area contributed by atoms with Crippen LogP contribution in [0.4, 0.5) is 0 Å². The van der Waals surface area contributed by atoms with Gasteiger partial charge in [-0.1, -0.05) is 18.7 Å². The number of hydrogen-bond acceptors (Lipinski definition) is 6. The number of amides is 1. The summed E-state index contributed by atoms with van der Waals surface area (Å²) in [4.78, 5) is 23.5. The van der Waals surface area contributed by atoms with E-state index in [-0.39, 0.29) is 28.6 Å². The molecule has 0 spiro atoms. The number of aryl methyl sites for hydroxylation is 1. The largest absolute Gasteiger partial charge is 0.353 e. The molecule has 0 radical (unpaired) electrons. The molecule has 7 nitrogen and oxygen atoms in total. The van der Waals surface area contributed by atoms with E-state index in [1.807, 2.05) is 0 Å². The molecule has 116 valence electrons. The predicted octanol–water partition coefficient (Wildman–Crippen LogP) is 0.448. The van der Waals surface area contributed by atoms with Crippen molar-refractivity contribution in [3.8, 4) is 0 Å². The molecule has 1 amide bonds. The van der Waals surface area contributed by atoms with E-state index in [0.29, 0.717) is 0 Å². The fourth-order valence-corrected chi connectivity index (χ4v) is 3.04. The van der Waals surface area contributed by atoms with Crippen molar-refractivity contribution in [1.82, 2.24) is 20.2 Å². The summed E-state index contributed by atoms with van der Waals surface area (Å²) in [5, 5.41) is 10.8. The molecule has 0 aromatic carbocycles. The van der Waals surface area contributed by atoms with Crippen molar-refractivity contribution in [3.63, 3.8) is 0 Å². The van der Waals surface area contributed by atoms with Crippen LogP contribution in [0.2, 0.25) is 0 Å². The number of hydrogen-bond donors (Lipinski definition) is 2. The van der Waals surface area contributed by atoms with Crippen molar-refractivity contribution in [2.75, 3.05) is 11.6 Å². The lowest BCUT2D eigenvalue weighted by atomic mass is 9.87. The van der Waals surface area contributed by atoms with Gasteiger partial charge in [0, 0.05) is 6.04 Å². The van der Waals surface area contributed by atoms with Gasteiger partial charge in [-0.2, -0.15) is 4.68 Å². The number of carbonyl (C=O) groups excluding carboxylic acids is 1. The Balaban J connectivity index is 1.84. The molecule has 0 bridgehead atoms. The zero-order valence-electron chi connectivity index (χ0n) is 12.3. The van der Waals surface area contributed by atoms with Crippen LogP contribution in [-0.4, -0.2) is 32.6 Å². The molecule has 2 rings (SSSR count). The van der Waals surface area contributed by atoms with Crippen LogP contribution in [-0.2, 0) is 4.79 Å². The van der Waals surface area contributed by atoms with Gasteiger partial charge >= 0.3 is 0 Å². The average Bonchev–Trinajstić information content (AvgIpc) is 2.46. The number of nitrogen functional groups attached to an aromatic ring is 1. The van der Waals surface area contributed by atoms with Crippen LogP contribution in [0.25, 0.3) is 0 Å². The van der Waals surface area contributed by atoms with E-state index in [4.69, 9.17) is 5.84 Å². The van der Waals surface area contributed by atoms with Crippen molar-refractivity contribution in [1.29, 1.82) is 0 Å². The van der Waals surface area contributed by atoms with Crippen molar-refractivity contribution in [2.24, 2.45) is 5.92 Å². The van der Waals surface area contributed by atoms with Crippen LogP contribution < -0.4 is 16.7 Å². The Morgan fingerprint density at radius 2 is 2.05 bits per heavy atom. The molecule has 0 atom stereocenters. The van der Waals surface area contributed by atoms with Gasteiger partial charge in [-0.15, -0.1) is 10.2 Å². The number of nitrogens with zero attached hydrogens (tertiary/aromatic N) is 3. The van der Waals surface area contributed by atoms with Crippen molar-refractivity contribution in [3.05, 3.63) is 16.0 Å². The molecule has 1 fully saturated rings. The molecular formula is C13H21N5O2S. The molecule has 1 aromatic rings. The smallest absolute Gasteiger partial charge is 0.294 e. The number of thioether (sulfide) groups is 1. The molecule has 8 heteroatoms. The Kier molecular flexibility index (Phi) is 5.22. The van der Waals surface area contributed by atoms with Crippen LogP contribution in [0.3, 0.4) is 0 Å². The van der Waals surface area contributed by atoms with E-state index in [0.717, 1.165) is 48.0 Å². The third kappa shape index (κ3) is 4.20. The summed E-state index contributed by atoms with van der Waals surface area (Å²) in [6.45, 7) is 3.79.